The Bertz CT molecular complexity index is 1120. The third-order valence-corrected chi connectivity index (χ3v) is 4.15. The highest BCUT2D eigenvalue weighted by Gasteiger charge is 2.12. The Morgan fingerprint density at radius 3 is 2.09 bits per heavy atom. The second-order valence-electron chi connectivity index (χ2n) is 5.27. The predicted molar refractivity (Wildman–Crippen MR) is 89.3 cm³/mol. The molecule has 0 heterocycles. The van der Waals surface area contributed by atoms with Gasteiger partial charge in [-0.25, -0.2) is 0 Å². The van der Waals surface area contributed by atoms with E-state index in [2.05, 4.69) is 42.5 Å². The summed E-state index contributed by atoms with van der Waals surface area (Å²) in [6.45, 7) is 0. The summed E-state index contributed by atoms with van der Waals surface area (Å²) < 4.78 is 0. The van der Waals surface area contributed by atoms with Gasteiger partial charge in [0.2, 0.25) is 0 Å². The molecule has 0 aliphatic heterocycles. The van der Waals surface area contributed by atoms with Crippen LogP contribution in [0.1, 0.15) is 5.56 Å². The largest absolute Gasteiger partial charge is 0.193 e. The first-order valence-corrected chi connectivity index (χ1v) is 7.00. The van der Waals surface area contributed by atoms with Gasteiger partial charge in [-0.2, -0.15) is 10.5 Å². The maximum atomic E-state index is 9.34. The number of nitrogens with zero attached hydrogens (tertiary/aromatic N) is 2. The minimum absolute atomic E-state index is 0.403. The first kappa shape index (κ1) is 12.4. The molecule has 0 aromatic heterocycles. The van der Waals surface area contributed by atoms with E-state index in [1.165, 1.54) is 22.2 Å². The molecule has 0 N–H and O–H groups in total. The van der Waals surface area contributed by atoms with Gasteiger partial charge in [0.1, 0.15) is 6.07 Å². The van der Waals surface area contributed by atoms with Gasteiger partial charge in [0.05, 0.1) is 11.6 Å². The van der Waals surface area contributed by atoms with E-state index in [4.69, 9.17) is 5.26 Å². The topological polar surface area (TPSA) is 47.6 Å². The zero-order valence-corrected chi connectivity index (χ0v) is 11.7. The number of hydrogen-bond donors (Lipinski definition) is 0. The third kappa shape index (κ3) is 1.59. The molecule has 4 aromatic carbocycles. The number of benzene rings is 4. The van der Waals surface area contributed by atoms with E-state index in [0.29, 0.717) is 5.57 Å². The van der Waals surface area contributed by atoms with Crippen LogP contribution in [0, 0.1) is 22.7 Å². The smallest absolute Gasteiger partial charge is 0.101 e. The van der Waals surface area contributed by atoms with Crippen LogP contribution in [0.15, 0.2) is 60.7 Å². The van der Waals surface area contributed by atoms with Crippen LogP contribution in [0.2, 0.25) is 0 Å². The average Bonchev–Trinajstić information content (AvgIpc) is 2.58. The van der Waals surface area contributed by atoms with Crippen molar-refractivity contribution in [3.05, 3.63) is 66.2 Å². The highest BCUT2D eigenvalue weighted by Crippen LogP contribution is 2.37. The average molecular weight is 278 g/mol. The van der Waals surface area contributed by atoms with Gasteiger partial charge < -0.3 is 0 Å². The fourth-order valence-corrected chi connectivity index (χ4v) is 3.20. The Morgan fingerprint density at radius 1 is 0.773 bits per heavy atom. The summed E-state index contributed by atoms with van der Waals surface area (Å²) in [5, 5.41) is 25.2. The third-order valence-electron chi connectivity index (χ3n) is 4.15. The lowest BCUT2D eigenvalue weighted by atomic mass is 9.90. The van der Waals surface area contributed by atoms with E-state index < -0.39 is 0 Å². The Labute approximate surface area is 127 Å². The number of hydrogen-bond acceptors (Lipinski definition) is 2. The van der Waals surface area contributed by atoms with E-state index in [-0.39, 0.29) is 0 Å². The van der Waals surface area contributed by atoms with E-state index in [1.807, 2.05) is 24.3 Å². The van der Waals surface area contributed by atoms with Crippen LogP contribution in [0.4, 0.5) is 0 Å². The Balaban J connectivity index is 2.26. The predicted octanol–water partition coefficient (Wildman–Crippen LogP) is 5.01. The van der Waals surface area contributed by atoms with Gasteiger partial charge in [0.15, 0.2) is 0 Å². The summed E-state index contributed by atoms with van der Waals surface area (Å²) in [6.07, 6.45) is 1.31. The summed E-state index contributed by atoms with van der Waals surface area (Å²) in [5.74, 6) is 0. The van der Waals surface area contributed by atoms with E-state index in [0.717, 1.165) is 21.7 Å². The van der Waals surface area contributed by atoms with E-state index >= 15 is 0 Å². The quantitative estimate of drug-likeness (QED) is 0.363. The molecule has 2 heteroatoms. The Morgan fingerprint density at radius 2 is 1.41 bits per heavy atom. The molecule has 0 spiro atoms. The first-order chi connectivity index (χ1) is 10.8. The second-order valence-corrected chi connectivity index (χ2v) is 5.27. The summed E-state index contributed by atoms with van der Waals surface area (Å²) in [4.78, 5) is 0. The molecule has 0 atom stereocenters. The highest BCUT2D eigenvalue weighted by atomic mass is 14.3. The van der Waals surface area contributed by atoms with Crippen LogP contribution < -0.4 is 0 Å². The Hall–Kier alpha value is -3.36. The first-order valence-electron chi connectivity index (χ1n) is 7.00. The van der Waals surface area contributed by atoms with Crippen molar-refractivity contribution in [3.63, 3.8) is 0 Å². The van der Waals surface area contributed by atoms with E-state index in [1.54, 1.807) is 0 Å². The van der Waals surface area contributed by atoms with Crippen LogP contribution in [0.3, 0.4) is 0 Å². The number of rotatable bonds is 1. The molecule has 0 saturated carbocycles. The maximum Gasteiger partial charge on any atom is 0.101 e. The molecule has 100 valence electrons. The molecule has 2 nitrogen and oxygen atoms in total. The molecule has 0 aliphatic carbocycles. The van der Waals surface area contributed by atoms with Gasteiger partial charge in [-0.05, 0) is 32.3 Å². The lowest BCUT2D eigenvalue weighted by Gasteiger charge is -2.13. The molecular formula is C20H10N2. The SMILES string of the molecule is N#C/C=C(\C#N)c1ccc2ccc3cccc4ccc1c2c34. The lowest BCUT2D eigenvalue weighted by molar-refractivity contribution is 1.51. The minimum Gasteiger partial charge on any atom is -0.193 e. The summed E-state index contributed by atoms with van der Waals surface area (Å²) in [5.41, 5.74) is 1.22. The van der Waals surface area contributed by atoms with Gasteiger partial charge in [0.25, 0.3) is 0 Å². The summed E-state index contributed by atoms with van der Waals surface area (Å²) in [7, 11) is 0. The molecule has 22 heavy (non-hydrogen) atoms. The van der Waals surface area contributed by atoms with Crippen LogP contribution >= 0.6 is 0 Å². The van der Waals surface area contributed by atoms with Crippen molar-refractivity contribution in [2.24, 2.45) is 0 Å². The fraction of sp³-hybridized carbons (Fsp3) is 0. The molecule has 4 rings (SSSR count). The van der Waals surface area contributed by atoms with Crippen molar-refractivity contribution < 1.29 is 0 Å². The normalized spacial score (nSPS) is 11.8. The van der Waals surface area contributed by atoms with Gasteiger partial charge in [0, 0.05) is 11.6 Å². The van der Waals surface area contributed by atoms with Crippen molar-refractivity contribution in [2.75, 3.05) is 0 Å². The van der Waals surface area contributed by atoms with Gasteiger partial charge in [-0.3, -0.25) is 0 Å². The molecule has 0 aliphatic rings. The Kier molecular flexibility index (Phi) is 2.58. The fourth-order valence-electron chi connectivity index (χ4n) is 3.20. The molecule has 0 saturated heterocycles. The molecule has 0 bridgehead atoms. The van der Waals surface area contributed by atoms with Gasteiger partial charge in [-0.1, -0.05) is 54.6 Å². The zero-order chi connectivity index (χ0) is 15.1. The number of allylic oxidation sites excluding steroid dienone is 2. The monoisotopic (exact) mass is 278 g/mol. The molecule has 0 amide bonds. The lowest BCUT2D eigenvalue weighted by Crippen LogP contribution is -1.89. The molecule has 4 aromatic rings. The molecule has 0 fully saturated rings. The molecular weight excluding hydrogens is 268 g/mol. The van der Waals surface area contributed by atoms with Gasteiger partial charge in [-0.15, -0.1) is 0 Å². The van der Waals surface area contributed by atoms with Crippen LogP contribution in [0.25, 0.3) is 37.9 Å². The standard InChI is InChI=1S/C20H10N2/c21-11-10-16(12-22)17-8-6-15-5-4-13-2-1-3-14-7-9-18(17)20(15)19(13)14/h1-10H/b16-10+. The minimum atomic E-state index is 0.403. The molecule has 0 radical (unpaired) electrons. The highest BCUT2D eigenvalue weighted by molar-refractivity contribution is 6.24. The van der Waals surface area contributed by atoms with Crippen molar-refractivity contribution in [2.45, 2.75) is 0 Å². The van der Waals surface area contributed by atoms with E-state index in [9.17, 15) is 5.26 Å². The second kappa shape index (κ2) is 4.58. The molecule has 0 unspecified atom stereocenters. The zero-order valence-electron chi connectivity index (χ0n) is 11.7. The van der Waals surface area contributed by atoms with Crippen molar-refractivity contribution in [1.82, 2.24) is 0 Å². The van der Waals surface area contributed by atoms with Crippen LogP contribution in [0.5, 0.6) is 0 Å². The summed E-state index contributed by atoms with van der Waals surface area (Å²) >= 11 is 0. The van der Waals surface area contributed by atoms with Crippen molar-refractivity contribution in [1.29, 1.82) is 10.5 Å². The van der Waals surface area contributed by atoms with Crippen LogP contribution in [-0.4, -0.2) is 0 Å². The van der Waals surface area contributed by atoms with Crippen LogP contribution in [-0.2, 0) is 0 Å². The van der Waals surface area contributed by atoms with Gasteiger partial charge >= 0.3 is 0 Å². The van der Waals surface area contributed by atoms with Crippen molar-refractivity contribution >= 4 is 37.9 Å². The van der Waals surface area contributed by atoms with Crippen molar-refractivity contribution in [3.8, 4) is 12.1 Å². The number of nitriles is 2. The maximum absolute atomic E-state index is 9.34. The summed E-state index contributed by atoms with van der Waals surface area (Å²) in [6, 6.07) is 22.6.